The summed E-state index contributed by atoms with van der Waals surface area (Å²) in [5.41, 5.74) is 7.01. The summed E-state index contributed by atoms with van der Waals surface area (Å²) in [6.45, 7) is 6.19. The number of methoxy groups -OCH3 is 1. The molecule has 2 N–H and O–H groups in total. The van der Waals surface area contributed by atoms with Gasteiger partial charge in [-0.1, -0.05) is 0 Å². The van der Waals surface area contributed by atoms with Crippen LogP contribution < -0.4 is 5.73 Å². The highest BCUT2D eigenvalue weighted by Gasteiger charge is 2.27. The number of nitrogens with two attached hydrogens (primary N) is 1. The number of aryl methyl sites for hydroxylation is 1. The minimum absolute atomic E-state index is 0.137. The number of nitrogen functional groups attached to an aromatic ring is 1. The lowest BCUT2D eigenvalue weighted by Crippen LogP contribution is -2.39. The Morgan fingerprint density at radius 1 is 1.32 bits per heavy atom. The first kappa shape index (κ1) is 15.9. The van der Waals surface area contributed by atoms with Gasteiger partial charge < -0.3 is 10.5 Å². The van der Waals surface area contributed by atoms with Crippen LogP contribution >= 0.6 is 0 Å². The second kappa shape index (κ2) is 6.36. The maximum absolute atomic E-state index is 12.6. The van der Waals surface area contributed by atoms with Gasteiger partial charge in [-0.25, -0.2) is 8.42 Å². The standard InChI is InChI=1S/C13H22N2O3S/c1-10(2)15(5-6-18-4)19(16,17)13-8-11(3)7-12(14)9-13/h7-10H,5-6,14H2,1-4H3. The summed E-state index contributed by atoms with van der Waals surface area (Å²) in [5.74, 6) is 0. The van der Waals surface area contributed by atoms with E-state index < -0.39 is 10.0 Å². The number of hydrogen-bond acceptors (Lipinski definition) is 4. The molecule has 0 bridgehead atoms. The molecule has 0 radical (unpaired) electrons. The normalized spacial score (nSPS) is 12.3. The summed E-state index contributed by atoms with van der Waals surface area (Å²) in [7, 11) is -1.99. The van der Waals surface area contributed by atoms with E-state index in [1.165, 1.54) is 10.4 Å². The predicted octanol–water partition coefficient (Wildman–Crippen LogP) is 1.62. The molecule has 0 aliphatic heterocycles. The molecular weight excluding hydrogens is 264 g/mol. The van der Waals surface area contributed by atoms with E-state index >= 15 is 0 Å². The molecule has 0 fully saturated rings. The van der Waals surface area contributed by atoms with Crippen molar-refractivity contribution in [1.82, 2.24) is 4.31 Å². The molecule has 0 atom stereocenters. The molecular formula is C13H22N2O3S. The number of ether oxygens (including phenoxy) is 1. The maximum atomic E-state index is 12.6. The summed E-state index contributed by atoms with van der Waals surface area (Å²) in [4.78, 5) is 0.231. The zero-order valence-electron chi connectivity index (χ0n) is 11.9. The second-order valence-electron chi connectivity index (χ2n) is 4.78. The number of nitrogens with zero attached hydrogens (tertiary/aromatic N) is 1. The van der Waals surface area contributed by atoms with E-state index in [2.05, 4.69) is 0 Å². The Morgan fingerprint density at radius 3 is 2.42 bits per heavy atom. The van der Waals surface area contributed by atoms with Gasteiger partial charge in [-0.2, -0.15) is 4.31 Å². The molecule has 0 aliphatic rings. The predicted molar refractivity (Wildman–Crippen MR) is 76.5 cm³/mol. The van der Waals surface area contributed by atoms with Gasteiger partial charge >= 0.3 is 0 Å². The van der Waals surface area contributed by atoms with Crippen molar-refractivity contribution in [3.63, 3.8) is 0 Å². The van der Waals surface area contributed by atoms with Crippen molar-refractivity contribution in [2.75, 3.05) is 26.0 Å². The van der Waals surface area contributed by atoms with Gasteiger partial charge in [0.2, 0.25) is 10.0 Å². The lowest BCUT2D eigenvalue weighted by atomic mass is 10.2. The Balaban J connectivity index is 3.18. The zero-order chi connectivity index (χ0) is 14.6. The van der Waals surface area contributed by atoms with Gasteiger partial charge in [-0.3, -0.25) is 0 Å². The average Bonchev–Trinajstić information content (AvgIpc) is 2.27. The fourth-order valence-corrected chi connectivity index (χ4v) is 3.66. The lowest BCUT2D eigenvalue weighted by molar-refractivity contribution is 0.171. The zero-order valence-corrected chi connectivity index (χ0v) is 12.7. The van der Waals surface area contributed by atoms with Crippen LogP contribution in [0, 0.1) is 6.92 Å². The summed E-state index contributed by atoms with van der Waals surface area (Å²) >= 11 is 0. The summed E-state index contributed by atoms with van der Waals surface area (Å²) in [6, 6.07) is 4.73. The quantitative estimate of drug-likeness (QED) is 0.807. The maximum Gasteiger partial charge on any atom is 0.243 e. The molecule has 5 nitrogen and oxygen atoms in total. The second-order valence-corrected chi connectivity index (χ2v) is 6.67. The van der Waals surface area contributed by atoms with E-state index in [9.17, 15) is 8.42 Å². The first-order chi connectivity index (χ1) is 8.78. The molecule has 0 spiro atoms. The van der Waals surface area contributed by atoms with Gasteiger partial charge in [0.15, 0.2) is 0 Å². The molecule has 1 aromatic rings. The van der Waals surface area contributed by atoms with Crippen molar-refractivity contribution in [3.8, 4) is 0 Å². The Bertz CT molecular complexity index is 506. The van der Waals surface area contributed by atoms with Crippen LogP contribution in [0.1, 0.15) is 19.4 Å². The van der Waals surface area contributed by atoms with Gasteiger partial charge in [0.1, 0.15) is 0 Å². The molecule has 0 saturated heterocycles. The topological polar surface area (TPSA) is 72.6 Å². The van der Waals surface area contributed by atoms with Crippen molar-refractivity contribution in [2.45, 2.75) is 31.7 Å². The number of rotatable bonds is 6. The van der Waals surface area contributed by atoms with E-state index in [-0.39, 0.29) is 10.9 Å². The van der Waals surface area contributed by atoms with Gasteiger partial charge in [-0.15, -0.1) is 0 Å². The van der Waals surface area contributed by atoms with E-state index in [0.29, 0.717) is 18.8 Å². The van der Waals surface area contributed by atoms with Crippen LogP contribution in [0.5, 0.6) is 0 Å². The molecule has 6 heteroatoms. The first-order valence-corrected chi connectivity index (χ1v) is 7.61. The third-order valence-corrected chi connectivity index (χ3v) is 4.82. The highest BCUT2D eigenvalue weighted by molar-refractivity contribution is 7.89. The van der Waals surface area contributed by atoms with Gasteiger partial charge in [0, 0.05) is 25.4 Å². The smallest absolute Gasteiger partial charge is 0.243 e. The summed E-state index contributed by atoms with van der Waals surface area (Å²) < 4.78 is 31.6. The number of benzene rings is 1. The van der Waals surface area contributed by atoms with Crippen LogP contribution in [0.25, 0.3) is 0 Å². The average molecular weight is 286 g/mol. The van der Waals surface area contributed by atoms with Crippen molar-refractivity contribution in [1.29, 1.82) is 0 Å². The Morgan fingerprint density at radius 2 is 1.95 bits per heavy atom. The highest BCUT2D eigenvalue weighted by atomic mass is 32.2. The third kappa shape index (κ3) is 3.92. The van der Waals surface area contributed by atoms with E-state index in [0.717, 1.165) is 5.56 Å². The summed E-state index contributed by atoms with van der Waals surface area (Å²) in [5, 5.41) is 0. The fourth-order valence-electron chi connectivity index (χ4n) is 1.90. The number of anilines is 1. The Kier molecular flexibility index (Phi) is 5.34. The van der Waals surface area contributed by atoms with Crippen LogP contribution in [0.3, 0.4) is 0 Å². The molecule has 0 amide bonds. The molecule has 19 heavy (non-hydrogen) atoms. The van der Waals surface area contributed by atoms with Gasteiger partial charge in [0.05, 0.1) is 11.5 Å². The Labute approximate surface area is 115 Å². The Hall–Kier alpha value is -1.11. The monoisotopic (exact) mass is 286 g/mol. The van der Waals surface area contributed by atoms with Crippen LogP contribution in [0.4, 0.5) is 5.69 Å². The van der Waals surface area contributed by atoms with E-state index in [4.69, 9.17) is 10.5 Å². The van der Waals surface area contributed by atoms with Crippen molar-refractivity contribution in [3.05, 3.63) is 23.8 Å². The molecule has 108 valence electrons. The molecule has 1 aromatic carbocycles. The largest absolute Gasteiger partial charge is 0.399 e. The molecule has 0 aliphatic carbocycles. The SMILES string of the molecule is COCCN(C(C)C)S(=O)(=O)c1cc(C)cc(N)c1. The molecule has 0 saturated carbocycles. The minimum Gasteiger partial charge on any atom is -0.399 e. The molecule has 1 rings (SSSR count). The van der Waals surface area contributed by atoms with Crippen LogP contribution in [-0.2, 0) is 14.8 Å². The fraction of sp³-hybridized carbons (Fsp3) is 0.538. The first-order valence-electron chi connectivity index (χ1n) is 6.17. The summed E-state index contributed by atoms with van der Waals surface area (Å²) in [6.07, 6.45) is 0. The molecule has 0 unspecified atom stereocenters. The van der Waals surface area contributed by atoms with Crippen molar-refractivity contribution in [2.24, 2.45) is 0 Å². The van der Waals surface area contributed by atoms with Crippen LogP contribution in [0.15, 0.2) is 23.1 Å². The van der Waals surface area contributed by atoms with Crippen LogP contribution in [0.2, 0.25) is 0 Å². The lowest BCUT2D eigenvalue weighted by Gasteiger charge is -2.25. The van der Waals surface area contributed by atoms with Crippen molar-refractivity contribution >= 4 is 15.7 Å². The number of sulfonamides is 1. The molecule has 0 aromatic heterocycles. The van der Waals surface area contributed by atoms with Gasteiger partial charge in [-0.05, 0) is 44.5 Å². The highest BCUT2D eigenvalue weighted by Crippen LogP contribution is 2.21. The van der Waals surface area contributed by atoms with E-state index in [1.807, 2.05) is 20.8 Å². The van der Waals surface area contributed by atoms with Gasteiger partial charge in [0.25, 0.3) is 0 Å². The van der Waals surface area contributed by atoms with Crippen molar-refractivity contribution < 1.29 is 13.2 Å². The van der Waals surface area contributed by atoms with E-state index in [1.54, 1.807) is 19.2 Å². The number of hydrogen-bond donors (Lipinski definition) is 1. The minimum atomic E-state index is -3.54. The molecule has 0 heterocycles. The van der Waals surface area contributed by atoms with Crippen LogP contribution in [-0.4, -0.2) is 39.0 Å². The third-order valence-electron chi connectivity index (χ3n) is 2.77.